The Morgan fingerprint density at radius 3 is 2.88 bits per heavy atom. The second-order valence-corrected chi connectivity index (χ2v) is 9.64. The number of anilines is 1. The summed E-state index contributed by atoms with van der Waals surface area (Å²) in [5.74, 6) is 0.394. The molecule has 0 aromatic heterocycles. The molecule has 2 heterocycles. The van der Waals surface area contributed by atoms with Crippen LogP contribution in [0.2, 0.25) is 0 Å². The van der Waals surface area contributed by atoms with Crippen LogP contribution in [-0.4, -0.2) is 50.3 Å². The maximum absolute atomic E-state index is 13.3. The monoisotopic (exact) mass is 459 g/mol. The highest BCUT2D eigenvalue weighted by Gasteiger charge is 2.40. The lowest BCUT2D eigenvalue weighted by Crippen LogP contribution is -2.45. The first-order valence-corrected chi connectivity index (χ1v) is 11.8. The van der Waals surface area contributed by atoms with Gasteiger partial charge in [0.15, 0.2) is 6.10 Å². The quantitative estimate of drug-likeness (QED) is 0.682. The van der Waals surface area contributed by atoms with E-state index in [4.69, 9.17) is 9.47 Å². The van der Waals surface area contributed by atoms with Crippen LogP contribution in [0.15, 0.2) is 47.4 Å². The third-order valence-corrected chi connectivity index (χ3v) is 7.50. The predicted octanol–water partition coefficient (Wildman–Crippen LogP) is 1.88. The molecule has 0 bridgehead atoms. The molecule has 4 rings (SSSR count). The Morgan fingerprint density at radius 1 is 1.28 bits per heavy atom. The van der Waals surface area contributed by atoms with Gasteiger partial charge in [-0.25, -0.2) is 8.42 Å². The number of sulfonamides is 1. The first-order valence-electron chi connectivity index (χ1n) is 10.3. The summed E-state index contributed by atoms with van der Waals surface area (Å²) in [6.07, 6.45) is 0.366. The van der Waals surface area contributed by atoms with E-state index in [1.54, 1.807) is 14.0 Å². The summed E-state index contributed by atoms with van der Waals surface area (Å²) in [5, 5.41) is 5.49. The standard InChI is InChI=1S/C22H25N3O6S/c1-14-21(26)24-18-12-17(8-9-20(18)31-14)32(28,29)25-10-4-7-19(25)22(27)23-13-15-5-3-6-16(11-15)30-2/h3,5-6,8-9,11-12,14,19H,4,7,10,13H2,1-2H3,(H,23,27)(H,24,26)/t14-,19-/m0/s1. The van der Waals surface area contributed by atoms with Gasteiger partial charge in [0.25, 0.3) is 5.91 Å². The molecule has 0 saturated carbocycles. The van der Waals surface area contributed by atoms with Crippen molar-refractivity contribution < 1.29 is 27.5 Å². The number of amides is 2. The number of benzene rings is 2. The molecule has 2 aromatic carbocycles. The number of fused-ring (bicyclic) bond motifs is 1. The van der Waals surface area contributed by atoms with Gasteiger partial charge in [0.2, 0.25) is 15.9 Å². The van der Waals surface area contributed by atoms with Crippen LogP contribution in [0.5, 0.6) is 11.5 Å². The Labute approximate surface area is 186 Å². The van der Waals surface area contributed by atoms with Gasteiger partial charge in [-0.3, -0.25) is 9.59 Å². The fourth-order valence-electron chi connectivity index (χ4n) is 3.86. The Balaban J connectivity index is 1.50. The summed E-state index contributed by atoms with van der Waals surface area (Å²) in [6, 6.07) is 10.8. The molecule has 1 fully saturated rings. The molecule has 1 saturated heterocycles. The predicted molar refractivity (Wildman–Crippen MR) is 117 cm³/mol. The minimum atomic E-state index is -3.95. The number of methoxy groups -OCH3 is 1. The first kappa shape index (κ1) is 22.1. The van der Waals surface area contributed by atoms with Crippen molar-refractivity contribution in [3.05, 3.63) is 48.0 Å². The van der Waals surface area contributed by atoms with E-state index >= 15 is 0 Å². The average molecular weight is 460 g/mol. The normalized spacial score (nSPS) is 20.8. The van der Waals surface area contributed by atoms with E-state index in [0.717, 1.165) is 5.56 Å². The molecule has 2 amide bonds. The van der Waals surface area contributed by atoms with Crippen LogP contribution in [0.1, 0.15) is 25.3 Å². The zero-order chi connectivity index (χ0) is 22.9. The fraction of sp³-hybridized carbons (Fsp3) is 0.364. The summed E-state index contributed by atoms with van der Waals surface area (Å²) in [6.45, 7) is 2.12. The van der Waals surface area contributed by atoms with Crippen LogP contribution in [0.4, 0.5) is 5.69 Å². The van der Waals surface area contributed by atoms with E-state index in [-0.39, 0.29) is 29.8 Å². The minimum absolute atomic E-state index is 0.00204. The Hall–Kier alpha value is -3.11. The number of hydrogen-bond acceptors (Lipinski definition) is 6. The van der Waals surface area contributed by atoms with E-state index in [1.165, 1.54) is 22.5 Å². The molecule has 0 unspecified atom stereocenters. The highest BCUT2D eigenvalue weighted by atomic mass is 32.2. The molecule has 32 heavy (non-hydrogen) atoms. The maximum Gasteiger partial charge on any atom is 0.265 e. The molecule has 9 nitrogen and oxygen atoms in total. The SMILES string of the molecule is COc1cccc(CNC(=O)[C@@H]2CCCN2S(=O)(=O)c2ccc3c(c2)NC(=O)[C@H](C)O3)c1. The van der Waals surface area contributed by atoms with Crippen LogP contribution in [-0.2, 0) is 26.2 Å². The second-order valence-electron chi connectivity index (χ2n) is 7.75. The van der Waals surface area contributed by atoms with Gasteiger partial charge >= 0.3 is 0 Å². The summed E-state index contributed by atoms with van der Waals surface area (Å²) >= 11 is 0. The smallest absolute Gasteiger partial charge is 0.265 e. The Morgan fingerprint density at radius 2 is 2.09 bits per heavy atom. The third-order valence-electron chi connectivity index (χ3n) is 5.60. The molecule has 170 valence electrons. The Kier molecular flexibility index (Phi) is 6.07. The van der Waals surface area contributed by atoms with E-state index in [2.05, 4.69) is 10.6 Å². The van der Waals surface area contributed by atoms with Crippen LogP contribution in [0, 0.1) is 0 Å². The van der Waals surface area contributed by atoms with Crippen molar-refractivity contribution in [3.8, 4) is 11.5 Å². The highest BCUT2D eigenvalue weighted by Crippen LogP contribution is 2.34. The van der Waals surface area contributed by atoms with Gasteiger partial charge < -0.3 is 20.1 Å². The summed E-state index contributed by atoms with van der Waals surface area (Å²) in [4.78, 5) is 24.7. The largest absolute Gasteiger partial charge is 0.497 e. The van der Waals surface area contributed by atoms with E-state index < -0.39 is 22.2 Å². The number of carbonyl (C=O) groups excluding carboxylic acids is 2. The van der Waals surface area contributed by atoms with Gasteiger partial charge in [0.1, 0.15) is 17.5 Å². The lowest BCUT2D eigenvalue weighted by atomic mass is 10.2. The van der Waals surface area contributed by atoms with Crippen LogP contribution >= 0.6 is 0 Å². The van der Waals surface area contributed by atoms with E-state index in [0.29, 0.717) is 30.0 Å². The van der Waals surface area contributed by atoms with Crippen molar-refractivity contribution in [2.45, 2.75) is 43.4 Å². The second kappa shape index (κ2) is 8.79. The number of nitrogens with zero attached hydrogens (tertiary/aromatic N) is 1. The van der Waals surface area contributed by atoms with Crippen molar-refractivity contribution in [3.63, 3.8) is 0 Å². The number of carbonyl (C=O) groups is 2. The topological polar surface area (TPSA) is 114 Å². The van der Waals surface area contributed by atoms with Gasteiger partial charge in [-0.05, 0) is 55.7 Å². The Bertz CT molecular complexity index is 1150. The fourth-order valence-corrected chi connectivity index (χ4v) is 5.55. The van der Waals surface area contributed by atoms with Crippen molar-refractivity contribution in [1.29, 1.82) is 0 Å². The lowest BCUT2D eigenvalue weighted by molar-refractivity contribution is -0.124. The van der Waals surface area contributed by atoms with Gasteiger partial charge in [-0.2, -0.15) is 4.31 Å². The molecule has 2 N–H and O–H groups in total. The van der Waals surface area contributed by atoms with Crippen molar-refractivity contribution in [1.82, 2.24) is 9.62 Å². The molecule has 0 aliphatic carbocycles. The lowest BCUT2D eigenvalue weighted by Gasteiger charge is -2.26. The molecule has 2 aliphatic rings. The first-order chi connectivity index (χ1) is 15.3. The highest BCUT2D eigenvalue weighted by molar-refractivity contribution is 7.89. The number of rotatable bonds is 6. The molecule has 0 spiro atoms. The van der Waals surface area contributed by atoms with Crippen LogP contribution in [0.25, 0.3) is 0 Å². The molecular weight excluding hydrogens is 434 g/mol. The zero-order valence-corrected chi connectivity index (χ0v) is 18.6. The van der Waals surface area contributed by atoms with Crippen LogP contribution in [0.3, 0.4) is 0 Å². The molecule has 10 heteroatoms. The summed E-state index contributed by atoms with van der Waals surface area (Å²) < 4.78 is 38.5. The van der Waals surface area contributed by atoms with Crippen molar-refractivity contribution in [2.24, 2.45) is 0 Å². The van der Waals surface area contributed by atoms with Crippen molar-refractivity contribution in [2.75, 3.05) is 19.0 Å². The van der Waals surface area contributed by atoms with E-state index in [9.17, 15) is 18.0 Å². The molecule has 2 aromatic rings. The van der Waals surface area contributed by atoms with Gasteiger partial charge in [0.05, 0.1) is 17.7 Å². The molecular formula is C22H25N3O6S. The summed E-state index contributed by atoms with van der Waals surface area (Å²) in [7, 11) is -2.38. The van der Waals surface area contributed by atoms with Crippen molar-refractivity contribution >= 4 is 27.5 Å². The average Bonchev–Trinajstić information content (AvgIpc) is 3.29. The van der Waals surface area contributed by atoms with Gasteiger partial charge in [-0.15, -0.1) is 0 Å². The number of ether oxygens (including phenoxy) is 2. The maximum atomic E-state index is 13.3. The number of hydrogen-bond donors (Lipinski definition) is 2. The van der Waals surface area contributed by atoms with E-state index in [1.807, 2.05) is 24.3 Å². The van der Waals surface area contributed by atoms with Crippen LogP contribution < -0.4 is 20.1 Å². The summed E-state index contributed by atoms with van der Waals surface area (Å²) in [5.41, 5.74) is 1.15. The third kappa shape index (κ3) is 4.28. The molecule has 0 radical (unpaired) electrons. The number of nitrogens with one attached hydrogen (secondary N) is 2. The zero-order valence-electron chi connectivity index (χ0n) is 17.8. The van der Waals surface area contributed by atoms with Gasteiger partial charge in [-0.1, -0.05) is 12.1 Å². The van der Waals surface area contributed by atoms with Gasteiger partial charge in [0, 0.05) is 13.1 Å². The minimum Gasteiger partial charge on any atom is -0.497 e. The molecule has 2 atom stereocenters. The molecule has 2 aliphatic heterocycles.